The summed E-state index contributed by atoms with van der Waals surface area (Å²) in [6.45, 7) is 1.67. The molecule has 5 nitrogen and oxygen atoms in total. The van der Waals surface area contributed by atoms with Crippen molar-refractivity contribution in [3.05, 3.63) is 52.0 Å². The summed E-state index contributed by atoms with van der Waals surface area (Å²) >= 11 is 1.40. The third kappa shape index (κ3) is 3.26. The van der Waals surface area contributed by atoms with E-state index in [-0.39, 0.29) is 17.4 Å². The Bertz CT molecular complexity index is 740. The number of carbonyl (C=O) groups is 2. The van der Waals surface area contributed by atoms with Crippen LogP contribution >= 0.6 is 11.3 Å². The predicted molar refractivity (Wildman–Crippen MR) is 89.1 cm³/mol. The van der Waals surface area contributed by atoms with E-state index in [9.17, 15) is 14.0 Å². The van der Waals surface area contributed by atoms with E-state index in [1.54, 1.807) is 21.9 Å². The highest BCUT2D eigenvalue weighted by atomic mass is 32.1. The van der Waals surface area contributed by atoms with Gasteiger partial charge < -0.3 is 14.5 Å². The second-order valence-corrected chi connectivity index (χ2v) is 6.36. The molecule has 1 aromatic heterocycles. The number of rotatable bonds is 3. The Balaban J connectivity index is 1.64. The molecule has 1 fully saturated rings. The Morgan fingerprint density at radius 2 is 1.75 bits per heavy atom. The summed E-state index contributed by atoms with van der Waals surface area (Å²) in [5.74, 6) is -0.613. The predicted octanol–water partition coefficient (Wildman–Crippen LogP) is 2.49. The van der Waals surface area contributed by atoms with Crippen LogP contribution in [0.4, 0.5) is 4.39 Å². The lowest BCUT2D eigenvalue weighted by molar-refractivity contribution is 0.0535. The van der Waals surface area contributed by atoms with Gasteiger partial charge >= 0.3 is 0 Å². The first-order valence-corrected chi connectivity index (χ1v) is 8.43. The fourth-order valence-electron chi connectivity index (χ4n) is 2.64. The van der Waals surface area contributed by atoms with E-state index in [0.29, 0.717) is 36.8 Å². The number of methoxy groups -OCH3 is 1. The molecule has 0 saturated carbocycles. The maximum Gasteiger partial charge on any atom is 0.264 e. The third-order valence-corrected chi connectivity index (χ3v) is 4.85. The molecule has 1 aromatic carbocycles. The first kappa shape index (κ1) is 16.4. The monoisotopic (exact) mass is 348 g/mol. The van der Waals surface area contributed by atoms with E-state index < -0.39 is 5.82 Å². The third-order valence-electron chi connectivity index (χ3n) is 3.99. The second-order valence-electron chi connectivity index (χ2n) is 5.41. The van der Waals surface area contributed by atoms with Crippen molar-refractivity contribution in [3.63, 3.8) is 0 Å². The van der Waals surface area contributed by atoms with Gasteiger partial charge in [0.05, 0.1) is 17.6 Å². The van der Waals surface area contributed by atoms with Crippen LogP contribution in [0.3, 0.4) is 0 Å². The number of halogens is 1. The molecular formula is C17H17FN2O3S. The number of hydrogen-bond acceptors (Lipinski definition) is 4. The van der Waals surface area contributed by atoms with Crippen molar-refractivity contribution < 1.29 is 18.7 Å². The molecule has 0 N–H and O–H groups in total. The molecule has 126 valence electrons. The van der Waals surface area contributed by atoms with E-state index in [4.69, 9.17) is 4.74 Å². The summed E-state index contributed by atoms with van der Waals surface area (Å²) in [6.07, 6.45) is 0. The minimum Gasteiger partial charge on any atom is -0.497 e. The molecule has 3 rings (SSSR count). The summed E-state index contributed by atoms with van der Waals surface area (Å²) in [5, 5.41) is 1.86. The van der Waals surface area contributed by atoms with Gasteiger partial charge in [0, 0.05) is 32.2 Å². The van der Waals surface area contributed by atoms with Crippen molar-refractivity contribution >= 4 is 23.2 Å². The van der Waals surface area contributed by atoms with Gasteiger partial charge in [0.1, 0.15) is 11.6 Å². The zero-order chi connectivity index (χ0) is 17.1. The van der Waals surface area contributed by atoms with Gasteiger partial charge in [-0.3, -0.25) is 9.59 Å². The van der Waals surface area contributed by atoms with Gasteiger partial charge in [0.25, 0.3) is 11.8 Å². The first-order chi connectivity index (χ1) is 11.6. The Morgan fingerprint density at radius 3 is 2.29 bits per heavy atom. The molecule has 7 heteroatoms. The van der Waals surface area contributed by atoms with Gasteiger partial charge in [0.2, 0.25) is 0 Å². The van der Waals surface area contributed by atoms with Crippen LogP contribution in [0.25, 0.3) is 0 Å². The minimum atomic E-state index is -0.601. The number of ether oxygens (including phenoxy) is 1. The normalized spacial score (nSPS) is 14.6. The summed E-state index contributed by atoms with van der Waals surface area (Å²) < 4.78 is 19.0. The summed E-state index contributed by atoms with van der Waals surface area (Å²) in [4.78, 5) is 28.7. The fourth-order valence-corrected chi connectivity index (χ4v) is 3.33. The Kier molecular flexibility index (Phi) is 4.80. The van der Waals surface area contributed by atoms with E-state index in [0.717, 1.165) is 0 Å². The molecule has 1 saturated heterocycles. The molecule has 0 bridgehead atoms. The zero-order valence-electron chi connectivity index (χ0n) is 13.2. The Hall–Kier alpha value is -2.41. The summed E-state index contributed by atoms with van der Waals surface area (Å²) in [5.41, 5.74) is 0.0221. The average molecular weight is 348 g/mol. The lowest BCUT2D eigenvalue weighted by Gasteiger charge is -2.34. The van der Waals surface area contributed by atoms with Crippen molar-refractivity contribution in [1.82, 2.24) is 9.80 Å². The largest absolute Gasteiger partial charge is 0.497 e. The number of nitrogens with zero attached hydrogens (tertiary/aromatic N) is 2. The first-order valence-electron chi connectivity index (χ1n) is 7.55. The van der Waals surface area contributed by atoms with E-state index in [1.165, 1.54) is 30.6 Å². The smallest absolute Gasteiger partial charge is 0.264 e. The van der Waals surface area contributed by atoms with Crippen LogP contribution in [-0.2, 0) is 0 Å². The highest BCUT2D eigenvalue weighted by Crippen LogP contribution is 2.19. The summed E-state index contributed by atoms with van der Waals surface area (Å²) in [7, 11) is 1.44. The number of carbonyl (C=O) groups excluding carboxylic acids is 2. The van der Waals surface area contributed by atoms with E-state index >= 15 is 0 Å². The van der Waals surface area contributed by atoms with Crippen LogP contribution in [0.15, 0.2) is 35.7 Å². The molecule has 1 aliphatic rings. The number of amides is 2. The Labute approximate surface area is 143 Å². The molecule has 0 atom stereocenters. The molecule has 2 heterocycles. The number of benzene rings is 1. The van der Waals surface area contributed by atoms with Gasteiger partial charge in [0.15, 0.2) is 0 Å². The van der Waals surface area contributed by atoms with Crippen LogP contribution in [-0.4, -0.2) is 54.9 Å². The van der Waals surface area contributed by atoms with Crippen LogP contribution in [0.2, 0.25) is 0 Å². The number of piperazine rings is 1. The fraction of sp³-hybridized carbons (Fsp3) is 0.294. The highest BCUT2D eigenvalue weighted by Gasteiger charge is 2.27. The topological polar surface area (TPSA) is 49.9 Å². The van der Waals surface area contributed by atoms with Crippen LogP contribution in [0.5, 0.6) is 5.75 Å². The molecule has 24 heavy (non-hydrogen) atoms. The molecule has 1 aliphatic heterocycles. The van der Waals surface area contributed by atoms with Gasteiger partial charge in [-0.2, -0.15) is 0 Å². The molecule has 0 unspecified atom stereocenters. The van der Waals surface area contributed by atoms with Crippen LogP contribution in [0, 0.1) is 5.82 Å². The standard InChI is InChI=1S/C17H17FN2O3S/c1-23-12-4-5-13(14(18)11-12)16(21)19-6-8-20(9-7-19)17(22)15-3-2-10-24-15/h2-5,10-11H,6-9H2,1H3. The maximum absolute atomic E-state index is 14.0. The quantitative estimate of drug-likeness (QED) is 0.856. The van der Waals surface area contributed by atoms with Crippen molar-refractivity contribution in [2.24, 2.45) is 0 Å². The highest BCUT2D eigenvalue weighted by molar-refractivity contribution is 7.12. The Morgan fingerprint density at radius 1 is 1.08 bits per heavy atom. The van der Waals surface area contributed by atoms with Crippen molar-refractivity contribution in [3.8, 4) is 5.75 Å². The lowest BCUT2D eigenvalue weighted by atomic mass is 10.1. The second kappa shape index (κ2) is 7.00. The van der Waals surface area contributed by atoms with Crippen molar-refractivity contribution in [2.75, 3.05) is 33.3 Å². The average Bonchev–Trinajstić information content (AvgIpc) is 3.15. The minimum absolute atomic E-state index is 0.0206. The van der Waals surface area contributed by atoms with E-state index in [1.807, 2.05) is 11.4 Å². The molecule has 2 aromatic rings. The van der Waals surface area contributed by atoms with Gasteiger partial charge in [-0.15, -0.1) is 11.3 Å². The molecular weight excluding hydrogens is 331 g/mol. The van der Waals surface area contributed by atoms with Crippen molar-refractivity contribution in [2.45, 2.75) is 0 Å². The van der Waals surface area contributed by atoms with Gasteiger partial charge in [-0.1, -0.05) is 6.07 Å². The molecule has 0 aliphatic carbocycles. The number of thiophene rings is 1. The van der Waals surface area contributed by atoms with Crippen molar-refractivity contribution in [1.29, 1.82) is 0 Å². The van der Waals surface area contributed by atoms with Crippen LogP contribution in [0.1, 0.15) is 20.0 Å². The van der Waals surface area contributed by atoms with Crippen LogP contribution < -0.4 is 4.74 Å². The lowest BCUT2D eigenvalue weighted by Crippen LogP contribution is -2.50. The number of hydrogen-bond donors (Lipinski definition) is 0. The zero-order valence-corrected chi connectivity index (χ0v) is 14.0. The van der Waals surface area contributed by atoms with Gasteiger partial charge in [-0.25, -0.2) is 4.39 Å². The summed E-state index contributed by atoms with van der Waals surface area (Å²) in [6, 6.07) is 7.82. The SMILES string of the molecule is COc1ccc(C(=O)N2CCN(C(=O)c3cccs3)CC2)c(F)c1. The molecule has 0 radical (unpaired) electrons. The van der Waals surface area contributed by atoms with E-state index in [2.05, 4.69) is 0 Å². The molecule has 0 spiro atoms. The van der Waals surface area contributed by atoms with Gasteiger partial charge in [-0.05, 0) is 23.6 Å². The maximum atomic E-state index is 14.0. The molecule has 2 amide bonds.